The number of amides is 1. The van der Waals surface area contributed by atoms with Crippen LogP contribution in [0.15, 0.2) is 30.3 Å². The standard InChI is InChI=1S/C17H18F4N4O2/c1-27-8-7-24(10-17(19,20)21)16(26)14-22-15-12(18)9-13(25(15)23-14)11-5-3-2-4-6-11/h2-6,12-13H,7-10H2,1H3. The number of hydrogen-bond donors (Lipinski definition) is 0. The van der Waals surface area contributed by atoms with E-state index in [1.54, 1.807) is 24.3 Å². The van der Waals surface area contributed by atoms with E-state index in [0.717, 1.165) is 5.56 Å². The van der Waals surface area contributed by atoms with Crippen molar-refractivity contribution in [2.45, 2.75) is 24.8 Å². The highest BCUT2D eigenvalue weighted by atomic mass is 19.4. The van der Waals surface area contributed by atoms with Gasteiger partial charge in [0.25, 0.3) is 5.91 Å². The molecule has 3 rings (SSSR count). The highest BCUT2D eigenvalue weighted by Gasteiger charge is 2.39. The van der Waals surface area contributed by atoms with Gasteiger partial charge in [-0.1, -0.05) is 30.3 Å². The average Bonchev–Trinajstić information content (AvgIpc) is 3.18. The molecule has 1 aliphatic rings. The molecule has 0 saturated carbocycles. The maximum Gasteiger partial charge on any atom is 0.406 e. The third-order valence-electron chi connectivity index (χ3n) is 4.26. The zero-order chi connectivity index (χ0) is 19.6. The lowest BCUT2D eigenvalue weighted by atomic mass is 10.0. The number of rotatable bonds is 6. The Labute approximate surface area is 152 Å². The van der Waals surface area contributed by atoms with E-state index in [1.165, 1.54) is 11.8 Å². The van der Waals surface area contributed by atoms with Crippen LogP contribution in [0.2, 0.25) is 0 Å². The van der Waals surface area contributed by atoms with Crippen molar-refractivity contribution in [1.29, 1.82) is 0 Å². The van der Waals surface area contributed by atoms with Crippen molar-refractivity contribution in [3.8, 4) is 0 Å². The summed E-state index contributed by atoms with van der Waals surface area (Å²) in [5.74, 6) is -1.51. The Morgan fingerprint density at radius 3 is 2.67 bits per heavy atom. The molecule has 2 atom stereocenters. The molecule has 0 fully saturated rings. The number of carbonyl (C=O) groups excluding carboxylic acids is 1. The summed E-state index contributed by atoms with van der Waals surface area (Å²) < 4.78 is 58.7. The number of carbonyl (C=O) groups is 1. The molecule has 1 aromatic carbocycles. The van der Waals surface area contributed by atoms with Crippen molar-refractivity contribution in [3.05, 3.63) is 47.5 Å². The van der Waals surface area contributed by atoms with Crippen LogP contribution in [0.25, 0.3) is 0 Å². The van der Waals surface area contributed by atoms with Crippen LogP contribution in [0.4, 0.5) is 17.6 Å². The summed E-state index contributed by atoms with van der Waals surface area (Å²) in [4.78, 5) is 16.9. The Morgan fingerprint density at radius 2 is 2.04 bits per heavy atom. The summed E-state index contributed by atoms with van der Waals surface area (Å²) in [6.45, 7) is -1.81. The molecule has 2 unspecified atom stereocenters. The minimum Gasteiger partial charge on any atom is -0.383 e. The second-order valence-electron chi connectivity index (χ2n) is 6.20. The molecule has 1 aliphatic heterocycles. The van der Waals surface area contributed by atoms with E-state index in [0.29, 0.717) is 4.90 Å². The van der Waals surface area contributed by atoms with Crippen LogP contribution in [0.5, 0.6) is 0 Å². The lowest BCUT2D eigenvalue weighted by Gasteiger charge is -2.22. The number of ether oxygens (including phenoxy) is 1. The largest absolute Gasteiger partial charge is 0.406 e. The van der Waals surface area contributed by atoms with Gasteiger partial charge >= 0.3 is 6.18 Å². The van der Waals surface area contributed by atoms with E-state index in [4.69, 9.17) is 4.74 Å². The Bertz CT molecular complexity index is 794. The molecular formula is C17H18F4N4O2. The fourth-order valence-electron chi connectivity index (χ4n) is 3.03. The number of fused-ring (bicyclic) bond motifs is 1. The van der Waals surface area contributed by atoms with Crippen LogP contribution in [-0.2, 0) is 4.74 Å². The van der Waals surface area contributed by atoms with Crippen LogP contribution in [0.1, 0.15) is 40.6 Å². The van der Waals surface area contributed by atoms with Crippen LogP contribution in [0, 0.1) is 0 Å². The molecule has 0 radical (unpaired) electrons. The molecular weight excluding hydrogens is 368 g/mol. The van der Waals surface area contributed by atoms with Gasteiger partial charge in [0.15, 0.2) is 12.0 Å². The van der Waals surface area contributed by atoms with E-state index in [2.05, 4.69) is 10.1 Å². The number of halogens is 4. The quantitative estimate of drug-likeness (QED) is 0.717. The van der Waals surface area contributed by atoms with Crippen molar-refractivity contribution in [2.24, 2.45) is 0 Å². The first kappa shape index (κ1) is 19.3. The molecule has 2 aromatic rings. The van der Waals surface area contributed by atoms with E-state index < -0.39 is 36.7 Å². The van der Waals surface area contributed by atoms with Crippen LogP contribution in [0.3, 0.4) is 0 Å². The van der Waals surface area contributed by atoms with Gasteiger partial charge in [0.05, 0.1) is 12.6 Å². The second-order valence-corrected chi connectivity index (χ2v) is 6.20. The summed E-state index contributed by atoms with van der Waals surface area (Å²) >= 11 is 0. The van der Waals surface area contributed by atoms with Gasteiger partial charge in [-0.05, 0) is 5.56 Å². The van der Waals surface area contributed by atoms with E-state index in [1.807, 2.05) is 6.07 Å². The summed E-state index contributed by atoms with van der Waals surface area (Å²) in [5.41, 5.74) is 0.786. The molecule has 6 nitrogen and oxygen atoms in total. The first-order valence-electron chi connectivity index (χ1n) is 8.30. The Hall–Kier alpha value is -2.49. The lowest BCUT2D eigenvalue weighted by Crippen LogP contribution is -2.41. The van der Waals surface area contributed by atoms with E-state index in [9.17, 15) is 22.4 Å². The normalized spacial score (nSPS) is 19.1. The fraction of sp³-hybridized carbons (Fsp3) is 0.471. The Morgan fingerprint density at radius 1 is 1.33 bits per heavy atom. The zero-order valence-electron chi connectivity index (χ0n) is 14.5. The molecule has 0 spiro atoms. The summed E-state index contributed by atoms with van der Waals surface area (Å²) in [6, 6.07) is 8.53. The highest BCUT2D eigenvalue weighted by Crippen LogP contribution is 2.39. The second kappa shape index (κ2) is 7.63. The van der Waals surface area contributed by atoms with Gasteiger partial charge in [-0.3, -0.25) is 4.79 Å². The number of aromatic nitrogens is 3. The molecule has 0 aliphatic carbocycles. The number of hydrogen-bond acceptors (Lipinski definition) is 4. The summed E-state index contributed by atoms with van der Waals surface area (Å²) in [7, 11) is 1.32. The zero-order valence-corrected chi connectivity index (χ0v) is 14.5. The lowest BCUT2D eigenvalue weighted by molar-refractivity contribution is -0.141. The first-order chi connectivity index (χ1) is 12.8. The minimum atomic E-state index is -4.58. The molecule has 10 heteroatoms. The molecule has 1 amide bonds. The van der Waals surface area contributed by atoms with E-state index >= 15 is 0 Å². The number of methoxy groups -OCH3 is 1. The SMILES string of the molecule is COCCN(CC(F)(F)F)C(=O)c1nc2n(n1)C(c1ccccc1)CC2F. The molecule has 0 bridgehead atoms. The number of alkyl halides is 4. The van der Waals surface area contributed by atoms with Gasteiger partial charge in [-0.25, -0.2) is 14.1 Å². The maximum atomic E-state index is 14.4. The first-order valence-corrected chi connectivity index (χ1v) is 8.30. The number of benzene rings is 1. The third-order valence-corrected chi connectivity index (χ3v) is 4.26. The van der Waals surface area contributed by atoms with E-state index in [-0.39, 0.29) is 25.4 Å². The van der Waals surface area contributed by atoms with Gasteiger partial charge < -0.3 is 9.64 Å². The summed E-state index contributed by atoms with van der Waals surface area (Å²) in [5, 5.41) is 4.02. The molecule has 1 aromatic heterocycles. The van der Waals surface area contributed by atoms with Crippen LogP contribution in [-0.4, -0.2) is 58.6 Å². The summed E-state index contributed by atoms with van der Waals surface area (Å²) in [6.07, 6.45) is -5.91. The molecule has 0 saturated heterocycles. The molecule has 146 valence electrons. The monoisotopic (exact) mass is 386 g/mol. The van der Waals surface area contributed by atoms with Crippen molar-refractivity contribution in [3.63, 3.8) is 0 Å². The van der Waals surface area contributed by atoms with Crippen molar-refractivity contribution in [1.82, 2.24) is 19.7 Å². The van der Waals surface area contributed by atoms with Gasteiger partial charge in [-0.2, -0.15) is 13.2 Å². The predicted molar refractivity (Wildman–Crippen MR) is 86.9 cm³/mol. The van der Waals surface area contributed by atoms with Crippen LogP contribution >= 0.6 is 0 Å². The minimum absolute atomic E-state index is 0.0501. The average molecular weight is 386 g/mol. The van der Waals surface area contributed by atoms with Gasteiger partial charge in [0, 0.05) is 20.1 Å². The number of nitrogens with zero attached hydrogens (tertiary/aromatic N) is 4. The van der Waals surface area contributed by atoms with Gasteiger partial charge in [-0.15, -0.1) is 5.10 Å². The Kier molecular flexibility index (Phi) is 5.45. The van der Waals surface area contributed by atoms with Crippen molar-refractivity contribution >= 4 is 5.91 Å². The molecule has 2 heterocycles. The van der Waals surface area contributed by atoms with Gasteiger partial charge in [0.1, 0.15) is 6.54 Å². The third kappa shape index (κ3) is 4.26. The van der Waals surface area contributed by atoms with Crippen molar-refractivity contribution < 1.29 is 27.1 Å². The fourth-order valence-corrected chi connectivity index (χ4v) is 3.03. The Balaban J connectivity index is 1.87. The molecule has 0 N–H and O–H groups in total. The predicted octanol–water partition coefficient (Wildman–Crippen LogP) is 2.93. The van der Waals surface area contributed by atoms with Crippen molar-refractivity contribution in [2.75, 3.05) is 26.8 Å². The molecule has 27 heavy (non-hydrogen) atoms. The maximum absolute atomic E-state index is 14.4. The smallest absolute Gasteiger partial charge is 0.383 e. The van der Waals surface area contributed by atoms with Crippen LogP contribution < -0.4 is 0 Å². The topological polar surface area (TPSA) is 60.2 Å². The highest BCUT2D eigenvalue weighted by molar-refractivity contribution is 5.90. The van der Waals surface area contributed by atoms with Gasteiger partial charge in [0.2, 0.25) is 5.82 Å².